The van der Waals surface area contributed by atoms with Gasteiger partial charge in [0.2, 0.25) is 0 Å². The number of ketones is 1. The highest BCUT2D eigenvalue weighted by Gasteiger charge is 2.05. The summed E-state index contributed by atoms with van der Waals surface area (Å²) >= 11 is 0. The summed E-state index contributed by atoms with van der Waals surface area (Å²) in [6.45, 7) is 0. The monoisotopic (exact) mass is 297 g/mol. The van der Waals surface area contributed by atoms with Crippen LogP contribution in [0.3, 0.4) is 0 Å². The van der Waals surface area contributed by atoms with Crippen molar-refractivity contribution in [3.05, 3.63) is 59.7 Å². The summed E-state index contributed by atoms with van der Waals surface area (Å²) in [6.07, 6.45) is 3.28. The third-order valence-electron chi connectivity index (χ3n) is 3.29. The summed E-state index contributed by atoms with van der Waals surface area (Å²) in [5.74, 6) is 1.31. The summed E-state index contributed by atoms with van der Waals surface area (Å²) < 4.78 is 10.5. The highest BCUT2D eigenvalue weighted by atomic mass is 16.5. The van der Waals surface area contributed by atoms with Gasteiger partial charge in [-0.25, -0.2) is 0 Å². The zero-order valence-corrected chi connectivity index (χ0v) is 12.9. The molecular formula is C18H19NO3. The molecule has 2 aromatic rings. The normalized spacial score (nSPS) is 10.5. The quantitative estimate of drug-likeness (QED) is 0.653. The van der Waals surface area contributed by atoms with Gasteiger partial charge in [0.15, 0.2) is 5.78 Å². The maximum absolute atomic E-state index is 12.2. The average molecular weight is 297 g/mol. The maximum Gasteiger partial charge on any atom is 0.185 e. The molecule has 0 aliphatic carbocycles. The molecule has 0 aliphatic heterocycles. The van der Waals surface area contributed by atoms with E-state index in [-0.39, 0.29) is 5.78 Å². The highest BCUT2D eigenvalue weighted by molar-refractivity contribution is 6.07. The van der Waals surface area contributed by atoms with Gasteiger partial charge in [0, 0.05) is 29.9 Å². The lowest BCUT2D eigenvalue weighted by Crippen LogP contribution is -1.96. The van der Waals surface area contributed by atoms with Crippen LogP contribution in [-0.2, 0) is 0 Å². The Morgan fingerprint density at radius 3 is 2.59 bits per heavy atom. The van der Waals surface area contributed by atoms with Crippen LogP contribution in [-0.4, -0.2) is 27.1 Å². The van der Waals surface area contributed by atoms with Crippen molar-refractivity contribution in [1.82, 2.24) is 0 Å². The SMILES string of the molecule is CNc1cccc(C(=O)C=Cc2ccc(OC)cc2OC)c1. The predicted molar refractivity (Wildman–Crippen MR) is 88.9 cm³/mol. The van der Waals surface area contributed by atoms with Crippen molar-refractivity contribution in [2.75, 3.05) is 26.6 Å². The second-order valence-electron chi connectivity index (χ2n) is 4.64. The fourth-order valence-electron chi connectivity index (χ4n) is 2.05. The molecule has 22 heavy (non-hydrogen) atoms. The van der Waals surface area contributed by atoms with E-state index in [4.69, 9.17) is 9.47 Å². The third-order valence-corrected chi connectivity index (χ3v) is 3.29. The van der Waals surface area contributed by atoms with Gasteiger partial charge < -0.3 is 14.8 Å². The minimum atomic E-state index is -0.0602. The summed E-state index contributed by atoms with van der Waals surface area (Å²) in [5.41, 5.74) is 2.36. The van der Waals surface area contributed by atoms with E-state index < -0.39 is 0 Å². The fraction of sp³-hybridized carbons (Fsp3) is 0.167. The number of ether oxygens (including phenoxy) is 2. The van der Waals surface area contributed by atoms with Crippen molar-refractivity contribution in [1.29, 1.82) is 0 Å². The zero-order chi connectivity index (χ0) is 15.9. The predicted octanol–water partition coefficient (Wildman–Crippen LogP) is 3.64. The van der Waals surface area contributed by atoms with Crippen molar-refractivity contribution < 1.29 is 14.3 Å². The van der Waals surface area contributed by atoms with Crippen LogP contribution in [0, 0.1) is 0 Å². The highest BCUT2D eigenvalue weighted by Crippen LogP contribution is 2.25. The Morgan fingerprint density at radius 2 is 1.91 bits per heavy atom. The first-order valence-electron chi connectivity index (χ1n) is 6.90. The summed E-state index contributed by atoms with van der Waals surface area (Å²) in [7, 11) is 5.01. The Kier molecular flexibility index (Phi) is 5.20. The molecule has 2 rings (SSSR count). The van der Waals surface area contributed by atoms with E-state index in [0.717, 1.165) is 11.3 Å². The number of carbonyl (C=O) groups is 1. The number of nitrogens with one attached hydrogen (secondary N) is 1. The number of rotatable bonds is 6. The molecule has 0 atom stereocenters. The second-order valence-corrected chi connectivity index (χ2v) is 4.64. The van der Waals surface area contributed by atoms with Gasteiger partial charge in [-0.05, 0) is 36.4 Å². The molecule has 2 aromatic carbocycles. The lowest BCUT2D eigenvalue weighted by atomic mass is 10.1. The van der Waals surface area contributed by atoms with E-state index in [2.05, 4.69) is 5.32 Å². The number of methoxy groups -OCH3 is 2. The molecule has 0 aliphatic rings. The lowest BCUT2D eigenvalue weighted by molar-refractivity contribution is 0.104. The van der Waals surface area contributed by atoms with E-state index in [0.29, 0.717) is 17.1 Å². The molecular weight excluding hydrogens is 278 g/mol. The topological polar surface area (TPSA) is 47.6 Å². The fourth-order valence-corrected chi connectivity index (χ4v) is 2.05. The molecule has 0 aromatic heterocycles. The van der Waals surface area contributed by atoms with Crippen molar-refractivity contribution in [2.24, 2.45) is 0 Å². The second kappa shape index (κ2) is 7.31. The van der Waals surface area contributed by atoms with E-state index >= 15 is 0 Å². The standard InChI is InChI=1S/C18H19NO3/c1-19-15-6-4-5-14(11-15)17(20)10-8-13-7-9-16(21-2)12-18(13)22-3/h4-12,19H,1-3H3. The molecule has 0 bridgehead atoms. The molecule has 0 radical (unpaired) electrons. The average Bonchev–Trinajstić information content (AvgIpc) is 2.59. The number of anilines is 1. The Hall–Kier alpha value is -2.75. The van der Waals surface area contributed by atoms with Crippen LogP contribution < -0.4 is 14.8 Å². The summed E-state index contributed by atoms with van der Waals surface area (Å²) in [5, 5.41) is 3.02. The van der Waals surface area contributed by atoms with Crippen LogP contribution in [0.5, 0.6) is 11.5 Å². The summed E-state index contributed by atoms with van der Waals surface area (Å²) in [6, 6.07) is 12.8. The number of allylic oxidation sites excluding steroid dienone is 1. The molecule has 114 valence electrons. The Balaban J connectivity index is 2.22. The van der Waals surface area contributed by atoms with Crippen LogP contribution >= 0.6 is 0 Å². The van der Waals surface area contributed by atoms with Gasteiger partial charge in [0.1, 0.15) is 11.5 Å². The molecule has 4 nitrogen and oxygen atoms in total. The Labute approximate surface area is 130 Å². The molecule has 0 unspecified atom stereocenters. The smallest absolute Gasteiger partial charge is 0.185 e. The van der Waals surface area contributed by atoms with Gasteiger partial charge >= 0.3 is 0 Å². The third kappa shape index (κ3) is 3.67. The summed E-state index contributed by atoms with van der Waals surface area (Å²) in [4.78, 5) is 12.2. The zero-order valence-electron chi connectivity index (χ0n) is 12.9. The Bertz CT molecular complexity index is 692. The minimum absolute atomic E-state index is 0.0602. The number of benzene rings is 2. The maximum atomic E-state index is 12.2. The van der Waals surface area contributed by atoms with Crippen molar-refractivity contribution in [3.63, 3.8) is 0 Å². The van der Waals surface area contributed by atoms with E-state index in [1.807, 2.05) is 37.4 Å². The van der Waals surface area contributed by atoms with Crippen molar-refractivity contribution in [2.45, 2.75) is 0 Å². The lowest BCUT2D eigenvalue weighted by Gasteiger charge is -2.07. The molecule has 0 saturated carbocycles. The van der Waals surface area contributed by atoms with E-state index in [1.54, 1.807) is 38.5 Å². The number of carbonyl (C=O) groups excluding carboxylic acids is 1. The van der Waals surface area contributed by atoms with Crippen molar-refractivity contribution in [3.8, 4) is 11.5 Å². The van der Waals surface area contributed by atoms with Crippen molar-refractivity contribution >= 4 is 17.5 Å². The number of hydrogen-bond donors (Lipinski definition) is 1. The first-order valence-corrected chi connectivity index (χ1v) is 6.90. The minimum Gasteiger partial charge on any atom is -0.497 e. The largest absolute Gasteiger partial charge is 0.497 e. The van der Waals surface area contributed by atoms with Gasteiger partial charge in [0.25, 0.3) is 0 Å². The molecule has 0 amide bonds. The van der Waals surface area contributed by atoms with Gasteiger partial charge in [0.05, 0.1) is 14.2 Å². The molecule has 0 heterocycles. The molecule has 0 spiro atoms. The van der Waals surface area contributed by atoms with Crippen LogP contribution in [0.15, 0.2) is 48.5 Å². The first kappa shape index (κ1) is 15.6. The molecule has 4 heteroatoms. The van der Waals surface area contributed by atoms with Crippen LogP contribution in [0.1, 0.15) is 15.9 Å². The van der Waals surface area contributed by atoms with Crippen LogP contribution in [0.4, 0.5) is 5.69 Å². The van der Waals surface area contributed by atoms with E-state index in [9.17, 15) is 4.79 Å². The van der Waals surface area contributed by atoms with Crippen LogP contribution in [0.2, 0.25) is 0 Å². The van der Waals surface area contributed by atoms with Gasteiger partial charge in [-0.1, -0.05) is 12.1 Å². The molecule has 1 N–H and O–H groups in total. The first-order chi connectivity index (χ1) is 10.7. The van der Waals surface area contributed by atoms with Gasteiger partial charge in [-0.15, -0.1) is 0 Å². The van der Waals surface area contributed by atoms with Crippen LogP contribution in [0.25, 0.3) is 6.08 Å². The molecule has 0 saturated heterocycles. The molecule has 0 fully saturated rings. The van der Waals surface area contributed by atoms with E-state index in [1.165, 1.54) is 0 Å². The number of hydrogen-bond acceptors (Lipinski definition) is 4. The van der Waals surface area contributed by atoms with Gasteiger partial charge in [-0.2, -0.15) is 0 Å². The Morgan fingerprint density at radius 1 is 1.09 bits per heavy atom. The van der Waals surface area contributed by atoms with Gasteiger partial charge in [-0.3, -0.25) is 4.79 Å².